The molecule has 0 amide bonds. The molecule has 4 heteroatoms. The lowest BCUT2D eigenvalue weighted by Crippen LogP contribution is -2.30. The summed E-state index contributed by atoms with van der Waals surface area (Å²) in [6.07, 6.45) is 3.92. The average Bonchev–Trinajstić information content (AvgIpc) is 2.58. The highest BCUT2D eigenvalue weighted by Crippen LogP contribution is 2.40. The predicted octanol–water partition coefficient (Wildman–Crippen LogP) is 3.30. The molecule has 0 saturated heterocycles. The molecule has 1 fully saturated rings. The quantitative estimate of drug-likeness (QED) is 0.853. The van der Waals surface area contributed by atoms with Gasteiger partial charge in [-0.15, -0.1) is 11.3 Å². The molecule has 14 heavy (non-hydrogen) atoms. The van der Waals surface area contributed by atoms with Crippen molar-refractivity contribution in [2.45, 2.75) is 38.2 Å². The van der Waals surface area contributed by atoms with E-state index in [2.05, 4.69) is 27.8 Å². The molecule has 1 aromatic heterocycles. The van der Waals surface area contributed by atoms with Gasteiger partial charge in [-0.3, -0.25) is 0 Å². The molecule has 0 radical (unpaired) electrons. The minimum atomic E-state index is -0.650. The van der Waals surface area contributed by atoms with Crippen molar-refractivity contribution in [3.05, 3.63) is 15.0 Å². The van der Waals surface area contributed by atoms with E-state index < -0.39 is 5.60 Å². The third-order valence-electron chi connectivity index (χ3n) is 2.98. The van der Waals surface area contributed by atoms with Gasteiger partial charge in [-0.05, 0) is 47.5 Å². The van der Waals surface area contributed by atoms with Gasteiger partial charge < -0.3 is 5.11 Å². The number of aromatic nitrogens is 1. The molecule has 1 aromatic rings. The zero-order chi connectivity index (χ0) is 10.2. The molecule has 0 aromatic carbocycles. The van der Waals surface area contributed by atoms with Crippen LogP contribution in [0.5, 0.6) is 0 Å². The van der Waals surface area contributed by atoms with E-state index in [4.69, 9.17) is 0 Å². The number of hydrogen-bond donors (Lipinski definition) is 1. The van der Waals surface area contributed by atoms with Crippen molar-refractivity contribution in [3.8, 4) is 0 Å². The van der Waals surface area contributed by atoms with Crippen LogP contribution in [-0.4, -0.2) is 10.1 Å². The van der Waals surface area contributed by atoms with Gasteiger partial charge in [0.25, 0.3) is 0 Å². The zero-order valence-electron chi connectivity index (χ0n) is 8.16. The minimum absolute atomic E-state index is 0.650. The molecule has 0 atom stereocenters. The summed E-state index contributed by atoms with van der Waals surface area (Å²) >= 11 is 4.87. The predicted molar refractivity (Wildman–Crippen MR) is 61.3 cm³/mol. The van der Waals surface area contributed by atoms with Crippen molar-refractivity contribution < 1.29 is 5.11 Å². The second kappa shape index (κ2) is 3.91. The first-order valence-corrected chi connectivity index (χ1v) is 6.61. The summed E-state index contributed by atoms with van der Waals surface area (Å²) in [7, 11) is 0. The van der Waals surface area contributed by atoms with Gasteiger partial charge in [0, 0.05) is 5.38 Å². The fourth-order valence-electron chi connectivity index (χ4n) is 1.92. The first kappa shape index (κ1) is 10.6. The van der Waals surface area contributed by atoms with Crippen molar-refractivity contribution in [1.29, 1.82) is 0 Å². The van der Waals surface area contributed by atoms with Crippen LogP contribution in [0.4, 0.5) is 0 Å². The van der Waals surface area contributed by atoms with E-state index in [0.717, 1.165) is 41.2 Å². The molecule has 1 aliphatic carbocycles. The average molecular weight is 276 g/mol. The fraction of sp³-hybridized carbons (Fsp3) is 0.700. The summed E-state index contributed by atoms with van der Waals surface area (Å²) in [5, 5.41) is 13.2. The molecular weight excluding hydrogens is 262 g/mol. The first-order valence-electron chi connectivity index (χ1n) is 4.94. The van der Waals surface area contributed by atoms with E-state index in [1.54, 1.807) is 11.3 Å². The lowest BCUT2D eigenvalue weighted by Gasteiger charge is -2.33. The Bertz CT molecular complexity index is 318. The maximum Gasteiger partial charge on any atom is 0.126 e. The summed E-state index contributed by atoms with van der Waals surface area (Å²) in [6.45, 7) is 2.25. The number of aliphatic hydroxyl groups is 1. The SMILES string of the molecule is CC1CCC(O)(c2nc(Br)cs2)CC1. The monoisotopic (exact) mass is 275 g/mol. The van der Waals surface area contributed by atoms with Crippen LogP contribution in [0.2, 0.25) is 0 Å². The van der Waals surface area contributed by atoms with Crippen LogP contribution >= 0.6 is 27.3 Å². The number of halogens is 1. The molecule has 1 heterocycles. The summed E-state index contributed by atoms with van der Waals surface area (Å²) in [5.41, 5.74) is -0.650. The van der Waals surface area contributed by atoms with Crippen molar-refractivity contribution in [2.24, 2.45) is 5.92 Å². The van der Waals surface area contributed by atoms with Gasteiger partial charge in [-0.25, -0.2) is 4.98 Å². The van der Waals surface area contributed by atoms with Crippen LogP contribution in [0.1, 0.15) is 37.6 Å². The molecular formula is C10H14BrNOS. The van der Waals surface area contributed by atoms with Crippen LogP contribution in [-0.2, 0) is 5.60 Å². The molecule has 0 aliphatic heterocycles. The molecule has 2 rings (SSSR count). The molecule has 1 N–H and O–H groups in total. The van der Waals surface area contributed by atoms with Gasteiger partial charge in [0.15, 0.2) is 0 Å². The topological polar surface area (TPSA) is 33.1 Å². The van der Waals surface area contributed by atoms with Gasteiger partial charge in [0.05, 0.1) is 0 Å². The van der Waals surface area contributed by atoms with Crippen LogP contribution in [0.25, 0.3) is 0 Å². The van der Waals surface area contributed by atoms with Crippen LogP contribution in [0.3, 0.4) is 0 Å². The number of rotatable bonds is 1. The maximum atomic E-state index is 10.4. The van der Waals surface area contributed by atoms with Gasteiger partial charge in [-0.2, -0.15) is 0 Å². The molecule has 1 saturated carbocycles. The Labute approximate surface area is 96.5 Å². The van der Waals surface area contributed by atoms with E-state index in [1.165, 1.54) is 0 Å². The third kappa shape index (κ3) is 2.02. The number of hydrogen-bond acceptors (Lipinski definition) is 3. The number of thiazole rings is 1. The lowest BCUT2D eigenvalue weighted by atomic mass is 9.80. The normalized spacial score (nSPS) is 33.2. The molecule has 0 spiro atoms. The summed E-state index contributed by atoms with van der Waals surface area (Å²) in [5.74, 6) is 0.749. The van der Waals surface area contributed by atoms with Crippen LogP contribution in [0.15, 0.2) is 9.98 Å². The Hall–Kier alpha value is 0.0700. The second-order valence-electron chi connectivity index (χ2n) is 4.19. The standard InChI is InChI=1S/C10H14BrNOS/c1-7-2-4-10(13,5-3-7)9-12-8(11)6-14-9/h6-7,13H,2-5H2,1H3. The van der Waals surface area contributed by atoms with Gasteiger partial charge in [-0.1, -0.05) is 6.92 Å². The molecule has 2 nitrogen and oxygen atoms in total. The smallest absolute Gasteiger partial charge is 0.126 e. The largest absolute Gasteiger partial charge is 0.383 e. The van der Waals surface area contributed by atoms with Crippen molar-refractivity contribution >= 4 is 27.3 Å². The molecule has 1 aliphatic rings. The summed E-state index contributed by atoms with van der Waals surface area (Å²) in [4.78, 5) is 4.32. The Morgan fingerprint density at radius 2 is 2.21 bits per heavy atom. The zero-order valence-corrected chi connectivity index (χ0v) is 10.6. The van der Waals surface area contributed by atoms with Crippen LogP contribution in [0, 0.1) is 5.92 Å². The Kier molecular flexibility index (Phi) is 2.96. The lowest BCUT2D eigenvalue weighted by molar-refractivity contribution is -0.0122. The van der Waals surface area contributed by atoms with Gasteiger partial charge >= 0.3 is 0 Å². The Morgan fingerprint density at radius 1 is 1.57 bits per heavy atom. The van der Waals surface area contributed by atoms with E-state index in [-0.39, 0.29) is 0 Å². The summed E-state index contributed by atoms with van der Waals surface area (Å²) in [6, 6.07) is 0. The first-order chi connectivity index (χ1) is 6.60. The highest BCUT2D eigenvalue weighted by atomic mass is 79.9. The van der Waals surface area contributed by atoms with E-state index >= 15 is 0 Å². The van der Waals surface area contributed by atoms with Crippen LogP contribution < -0.4 is 0 Å². The highest BCUT2D eigenvalue weighted by Gasteiger charge is 2.35. The molecule has 78 valence electrons. The Morgan fingerprint density at radius 3 is 2.71 bits per heavy atom. The number of nitrogens with zero attached hydrogens (tertiary/aromatic N) is 1. The van der Waals surface area contributed by atoms with Crippen molar-refractivity contribution in [1.82, 2.24) is 4.98 Å². The maximum absolute atomic E-state index is 10.4. The van der Waals surface area contributed by atoms with E-state index in [9.17, 15) is 5.11 Å². The molecule has 0 bridgehead atoms. The van der Waals surface area contributed by atoms with Gasteiger partial charge in [0.1, 0.15) is 15.2 Å². The highest BCUT2D eigenvalue weighted by molar-refractivity contribution is 9.10. The van der Waals surface area contributed by atoms with Crippen molar-refractivity contribution in [3.63, 3.8) is 0 Å². The third-order valence-corrected chi connectivity index (χ3v) is 4.72. The Balaban J connectivity index is 2.16. The van der Waals surface area contributed by atoms with Gasteiger partial charge in [0.2, 0.25) is 0 Å². The second-order valence-corrected chi connectivity index (χ2v) is 5.86. The van der Waals surface area contributed by atoms with E-state index in [1.807, 2.05) is 5.38 Å². The molecule has 0 unspecified atom stereocenters. The van der Waals surface area contributed by atoms with E-state index in [0.29, 0.717) is 0 Å². The fourth-order valence-corrected chi connectivity index (χ4v) is 3.33. The van der Waals surface area contributed by atoms with Crippen molar-refractivity contribution in [2.75, 3.05) is 0 Å². The summed E-state index contributed by atoms with van der Waals surface area (Å²) < 4.78 is 0.838. The minimum Gasteiger partial charge on any atom is -0.383 e.